The molecule has 0 fully saturated rings. The van der Waals surface area contributed by atoms with Crippen molar-refractivity contribution in [3.05, 3.63) is 71.6 Å². The molecular weight excluding hydrogens is 422 g/mol. The van der Waals surface area contributed by atoms with E-state index in [0.29, 0.717) is 17.5 Å². The number of hydrogen-bond acceptors (Lipinski definition) is 5. The smallest absolute Gasteiger partial charge is 0.230 e. The van der Waals surface area contributed by atoms with Gasteiger partial charge in [0.1, 0.15) is 5.82 Å². The first-order chi connectivity index (χ1) is 14.9. The van der Waals surface area contributed by atoms with E-state index < -0.39 is 17.7 Å². The highest BCUT2D eigenvalue weighted by Gasteiger charge is 2.21. The van der Waals surface area contributed by atoms with Crippen LogP contribution in [0.5, 0.6) is 5.75 Å². The van der Waals surface area contributed by atoms with Crippen LogP contribution < -0.4 is 10.1 Å². The van der Waals surface area contributed by atoms with E-state index in [0.717, 1.165) is 17.7 Å². The predicted octanol–water partition coefficient (Wildman–Crippen LogP) is 4.69. The topological polar surface area (TPSA) is 69.0 Å². The molecule has 3 rings (SSSR count). The number of ether oxygens (including phenoxy) is 1. The highest BCUT2D eigenvalue weighted by atomic mass is 32.2. The molecule has 6 nitrogen and oxygen atoms in total. The molecule has 1 amide bonds. The second-order valence-electron chi connectivity index (χ2n) is 6.91. The van der Waals surface area contributed by atoms with E-state index >= 15 is 0 Å². The first-order valence-corrected chi connectivity index (χ1v) is 10.9. The van der Waals surface area contributed by atoms with E-state index in [-0.39, 0.29) is 23.5 Å². The monoisotopic (exact) mass is 446 g/mol. The minimum Gasteiger partial charge on any atom is -0.480 e. The van der Waals surface area contributed by atoms with Gasteiger partial charge in [-0.1, -0.05) is 42.1 Å². The van der Waals surface area contributed by atoms with Crippen molar-refractivity contribution in [1.29, 1.82) is 0 Å². The van der Waals surface area contributed by atoms with Gasteiger partial charge in [0, 0.05) is 12.6 Å². The molecule has 3 aromatic rings. The van der Waals surface area contributed by atoms with E-state index in [2.05, 4.69) is 15.5 Å². The summed E-state index contributed by atoms with van der Waals surface area (Å²) < 4.78 is 34.4. The number of carbonyl (C=O) groups is 1. The average Bonchev–Trinajstić information content (AvgIpc) is 3.18. The van der Waals surface area contributed by atoms with Crippen LogP contribution in [-0.2, 0) is 11.3 Å². The Labute approximate surface area is 184 Å². The number of rotatable bonds is 9. The van der Waals surface area contributed by atoms with Gasteiger partial charge in [-0.25, -0.2) is 8.78 Å². The van der Waals surface area contributed by atoms with Crippen molar-refractivity contribution in [3.63, 3.8) is 0 Å². The Hall–Kier alpha value is -2.94. The summed E-state index contributed by atoms with van der Waals surface area (Å²) >= 11 is 1.26. The van der Waals surface area contributed by atoms with E-state index in [9.17, 15) is 13.6 Å². The van der Waals surface area contributed by atoms with Crippen LogP contribution in [0.2, 0.25) is 0 Å². The number of halogens is 2. The van der Waals surface area contributed by atoms with Crippen molar-refractivity contribution in [3.8, 4) is 5.75 Å². The van der Waals surface area contributed by atoms with E-state index in [1.54, 1.807) is 6.92 Å². The molecule has 0 radical (unpaired) electrons. The van der Waals surface area contributed by atoms with Crippen molar-refractivity contribution in [2.24, 2.45) is 0 Å². The molecule has 0 spiro atoms. The standard InChI is InChI=1S/C22H24F2N4O2S/c1-4-28-21(15(3)30-19-11-10-17(23)12-18(19)24)26-27-22(28)31-13-20(29)25-14(2)16-8-6-5-7-9-16/h5-12,14-15H,4,13H2,1-3H3,(H,25,29). The molecule has 0 saturated carbocycles. The quantitative estimate of drug-likeness (QED) is 0.483. The zero-order chi connectivity index (χ0) is 22.4. The molecular formula is C22H24F2N4O2S. The van der Waals surface area contributed by atoms with E-state index in [4.69, 9.17) is 4.74 Å². The van der Waals surface area contributed by atoms with Gasteiger partial charge >= 0.3 is 0 Å². The van der Waals surface area contributed by atoms with Crippen molar-refractivity contribution >= 4 is 17.7 Å². The molecule has 0 bridgehead atoms. The number of thioether (sulfide) groups is 1. The molecule has 164 valence electrons. The summed E-state index contributed by atoms with van der Waals surface area (Å²) in [4.78, 5) is 12.4. The molecule has 2 unspecified atom stereocenters. The van der Waals surface area contributed by atoms with Crippen LogP contribution in [0.1, 0.15) is 44.3 Å². The average molecular weight is 447 g/mol. The van der Waals surface area contributed by atoms with Gasteiger partial charge in [-0.3, -0.25) is 4.79 Å². The summed E-state index contributed by atoms with van der Waals surface area (Å²) in [7, 11) is 0. The third-order valence-corrected chi connectivity index (χ3v) is 5.60. The van der Waals surface area contributed by atoms with Crippen molar-refractivity contribution in [2.45, 2.75) is 44.6 Å². The van der Waals surface area contributed by atoms with Crippen molar-refractivity contribution in [2.75, 3.05) is 5.75 Å². The highest BCUT2D eigenvalue weighted by molar-refractivity contribution is 7.99. The highest BCUT2D eigenvalue weighted by Crippen LogP contribution is 2.26. The number of benzene rings is 2. The van der Waals surface area contributed by atoms with Gasteiger partial charge in [-0.2, -0.15) is 0 Å². The minimum atomic E-state index is -0.784. The number of hydrogen-bond donors (Lipinski definition) is 1. The molecule has 0 aliphatic rings. The first kappa shape index (κ1) is 22.7. The van der Waals surface area contributed by atoms with E-state index in [1.165, 1.54) is 17.8 Å². The van der Waals surface area contributed by atoms with Gasteiger partial charge in [0.15, 0.2) is 28.7 Å². The van der Waals surface area contributed by atoms with Crippen LogP contribution in [0.25, 0.3) is 0 Å². The fourth-order valence-corrected chi connectivity index (χ4v) is 3.88. The Morgan fingerprint density at radius 3 is 2.58 bits per heavy atom. The molecule has 0 aliphatic heterocycles. The number of nitrogens with zero attached hydrogens (tertiary/aromatic N) is 3. The summed E-state index contributed by atoms with van der Waals surface area (Å²) in [5.74, 6) is -0.973. The summed E-state index contributed by atoms with van der Waals surface area (Å²) in [5, 5.41) is 11.8. The van der Waals surface area contributed by atoms with Gasteiger partial charge in [0.05, 0.1) is 11.8 Å². The fourth-order valence-electron chi connectivity index (χ4n) is 3.06. The maximum absolute atomic E-state index is 13.9. The van der Waals surface area contributed by atoms with Gasteiger partial charge in [0.25, 0.3) is 0 Å². The molecule has 31 heavy (non-hydrogen) atoms. The van der Waals surface area contributed by atoms with Crippen LogP contribution in [0.4, 0.5) is 8.78 Å². The summed E-state index contributed by atoms with van der Waals surface area (Å²) in [6.07, 6.45) is -0.617. The maximum Gasteiger partial charge on any atom is 0.230 e. The van der Waals surface area contributed by atoms with Crippen LogP contribution in [-0.4, -0.2) is 26.4 Å². The third kappa shape index (κ3) is 5.81. The lowest BCUT2D eigenvalue weighted by Crippen LogP contribution is -2.28. The Morgan fingerprint density at radius 2 is 1.90 bits per heavy atom. The number of carbonyl (C=O) groups excluding carboxylic acids is 1. The van der Waals surface area contributed by atoms with Crippen molar-refractivity contribution in [1.82, 2.24) is 20.1 Å². The van der Waals surface area contributed by atoms with Gasteiger partial charge < -0.3 is 14.6 Å². The lowest BCUT2D eigenvalue weighted by molar-refractivity contribution is -0.119. The maximum atomic E-state index is 13.9. The minimum absolute atomic E-state index is 0.0666. The number of nitrogens with one attached hydrogen (secondary N) is 1. The third-order valence-electron chi connectivity index (χ3n) is 4.63. The molecule has 1 heterocycles. The van der Waals surface area contributed by atoms with Crippen molar-refractivity contribution < 1.29 is 18.3 Å². The van der Waals surface area contributed by atoms with Crippen LogP contribution in [0.3, 0.4) is 0 Å². The zero-order valence-corrected chi connectivity index (χ0v) is 18.3. The van der Waals surface area contributed by atoms with Gasteiger partial charge in [-0.15, -0.1) is 10.2 Å². The van der Waals surface area contributed by atoms with Crippen LogP contribution in [0.15, 0.2) is 53.7 Å². The second kappa shape index (κ2) is 10.4. The SMILES string of the molecule is CCn1c(SCC(=O)NC(C)c2ccccc2)nnc1C(C)Oc1ccc(F)cc1F. The lowest BCUT2D eigenvalue weighted by atomic mass is 10.1. The van der Waals surface area contributed by atoms with E-state index in [1.807, 2.05) is 48.7 Å². The lowest BCUT2D eigenvalue weighted by Gasteiger charge is -2.16. The van der Waals surface area contributed by atoms with Gasteiger partial charge in [0.2, 0.25) is 5.91 Å². The van der Waals surface area contributed by atoms with Gasteiger partial charge in [-0.05, 0) is 38.5 Å². The first-order valence-electron chi connectivity index (χ1n) is 9.91. The molecule has 0 saturated heterocycles. The molecule has 9 heteroatoms. The Balaban J connectivity index is 1.62. The molecule has 2 aromatic carbocycles. The van der Waals surface area contributed by atoms with Crippen LogP contribution >= 0.6 is 11.8 Å². The zero-order valence-electron chi connectivity index (χ0n) is 17.5. The second-order valence-corrected chi connectivity index (χ2v) is 7.85. The molecule has 1 N–H and O–H groups in total. The summed E-state index contributed by atoms with van der Waals surface area (Å²) in [6, 6.07) is 12.7. The summed E-state index contributed by atoms with van der Waals surface area (Å²) in [5.41, 5.74) is 1.03. The molecule has 2 atom stereocenters. The normalized spacial score (nSPS) is 12.9. The molecule has 1 aromatic heterocycles. The Morgan fingerprint density at radius 1 is 1.16 bits per heavy atom. The van der Waals surface area contributed by atoms with Crippen LogP contribution in [0, 0.1) is 11.6 Å². The molecule has 0 aliphatic carbocycles. The number of aromatic nitrogens is 3. The number of amides is 1. The largest absolute Gasteiger partial charge is 0.480 e. The Kier molecular flexibility index (Phi) is 7.62. The summed E-state index contributed by atoms with van der Waals surface area (Å²) in [6.45, 7) is 6.10. The Bertz CT molecular complexity index is 1030. The fraction of sp³-hybridized carbons (Fsp3) is 0.318. The predicted molar refractivity (Wildman–Crippen MR) is 115 cm³/mol.